The van der Waals surface area contributed by atoms with Gasteiger partial charge in [0.1, 0.15) is 28.5 Å². The van der Waals surface area contributed by atoms with Crippen LogP contribution in [-0.2, 0) is 24.3 Å². The topological polar surface area (TPSA) is 68.4 Å². The molecule has 0 saturated heterocycles. The molecule has 0 radical (unpaired) electrons. The van der Waals surface area contributed by atoms with Crippen LogP contribution in [0.1, 0.15) is 18.3 Å². The summed E-state index contributed by atoms with van der Waals surface area (Å²) in [4.78, 5) is 26.0. The zero-order valence-electron chi connectivity index (χ0n) is 14.6. The molecule has 0 aliphatic rings. The summed E-state index contributed by atoms with van der Waals surface area (Å²) >= 11 is 1.55. The summed E-state index contributed by atoms with van der Waals surface area (Å²) in [5.74, 6) is -0.0624. The minimum absolute atomic E-state index is 0.0595. The van der Waals surface area contributed by atoms with Gasteiger partial charge in [0.25, 0.3) is 5.56 Å². The molecule has 1 amide bonds. The molecule has 0 bridgehead atoms. The van der Waals surface area contributed by atoms with E-state index >= 15 is 0 Å². The number of nitrogens with zero attached hydrogens (tertiary/aromatic N) is 3. The number of nitrogens with one attached hydrogen (secondary N) is 1. The monoisotopic (exact) mass is 384 g/mol. The predicted molar refractivity (Wildman–Crippen MR) is 102 cm³/mol. The van der Waals surface area contributed by atoms with E-state index in [9.17, 15) is 14.0 Å². The molecule has 4 aromatic rings. The van der Waals surface area contributed by atoms with E-state index in [1.54, 1.807) is 29.5 Å². The van der Waals surface area contributed by atoms with Crippen molar-refractivity contribution in [2.24, 2.45) is 0 Å². The fourth-order valence-electron chi connectivity index (χ4n) is 3.06. The molecule has 0 saturated carbocycles. The van der Waals surface area contributed by atoms with Gasteiger partial charge in [-0.15, -0.1) is 11.3 Å². The molecule has 1 aromatic carbocycles. The van der Waals surface area contributed by atoms with Gasteiger partial charge < -0.3 is 5.32 Å². The van der Waals surface area contributed by atoms with Crippen LogP contribution in [0.5, 0.6) is 0 Å². The van der Waals surface area contributed by atoms with Crippen LogP contribution in [-0.4, -0.2) is 20.1 Å². The molecule has 0 fully saturated rings. The second-order valence-electron chi connectivity index (χ2n) is 6.15. The zero-order valence-corrected chi connectivity index (χ0v) is 15.4. The minimum atomic E-state index is -0.396. The number of hydrogen-bond donors (Lipinski definition) is 1. The summed E-state index contributed by atoms with van der Waals surface area (Å²) < 4.78 is 16.7. The van der Waals surface area contributed by atoms with Crippen LogP contribution >= 0.6 is 11.3 Å². The molecule has 3 heterocycles. The number of carbonyl (C=O) groups is 1. The minimum Gasteiger partial charge on any atom is -0.350 e. The van der Waals surface area contributed by atoms with E-state index in [2.05, 4.69) is 10.4 Å². The number of fused-ring (bicyclic) bond motifs is 3. The Hall–Kier alpha value is -3.00. The molecule has 6 nitrogen and oxygen atoms in total. The quantitative estimate of drug-likeness (QED) is 0.575. The molecule has 0 atom stereocenters. The van der Waals surface area contributed by atoms with Crippen molar-refractivity contribution in [3.05, 3.63) is 69.3 Å². The second kappa shape index (κ2) is 6.96. The molecule has 138 valence electrons. The van der Waals surface area contributed by atoms with Gasteiger partial charge in [0, 0.05) is 23.9 Å². The summed E-state index contributed by atoms with van der Waals surface area (Å²) in [6.07, 6.45) is 0.620. The fraction of sp³-hybridized carbons (Fsp3) is 0.211. The molecular formula is C19H17FN4O2S. The van der Waals surface area contributed by atoms with Crippen LogP contribution in [0.25, 0.3) is 15.7 Å². The van der Waals surface area contributed by atoms with Gasteiger partial charge in [-0.2, -0.15) is 5.10 Å². The first-order valence-electron chi connectivity index (χ1n) is 8.57. The summed E-state index contributed by atoms with van der Waals surface area (Å²) in [7, 11) is 0. The first-order valence-corrected chi connectivity index (χ1v) is 9.45. The van der Waals surface area contributed by atoms with Crippen molar-refractivity contribution in [1.82, 2.24) is 19.5 Å². The van der Waals surface area contributed by atoms with Crippen molar-refractivity contribution in [3.63, 3.8) is 0 Å². The molecular weight excluding hydrogens is 367 g/mol. The molecule has 27 heavy (non-hydrogen) atoms. The molecule has 0 aliphatic heterocycles. The molecule has 4 rings (SSSR count). The van der Waals surface area contributed by atoms with E-state index in [4.69, 9.17) is 0 Å². The number of aryl methyl sites for hydroxylation is 1. The molecule has 1 N–H and O–H groups in total. The van der Waals surface area contributed by atoms with Crippen molar-refractivity contribution in [2.75, 3.05) is 0 Å². The lowest BCUT2D eigenvalue weighted by Gasteiger charge is -2.10. The number of halogens is 1. The van der Waals surface area contributed by atoms with Gasteiger partial charge in [0.2, 0.25) is 5.91 Å². The Morgan fingerprint density at radius 1 is 1.30 bits per heavy atom. The van der Waals surface area contributed by atoms with Crippen LogP contribution < -0.4 is 10.9 Å². The van der Waals surface area contributed by atoms with E-state index < -0.39 is 5.91 Å². The molecule has 3 aromatic heterocycles. The van der Waals surface area contributed by atoms with Crippen molar-refractivity contribution < 1.29 is 9.18 Å². The molecule has 8 heteroatoms. The number of hydrogen-bond acceptors (Lipinski definition) is 4. The lowest BCUT2D eigenvalue weighted by Crippen LogP contribution is -2.35. The Balaban J connectivity index is 1.62. The number of benzene rings is 1. The Morgan fingerprint density at radius 2 is 2.11 bits per heavy atom. The van der Waals surface area contributed by atoms with E-state index in [-0.39, 0.29) is 24.5 Å². The van der Waals surface area contributed by atoms with Crippen molar-refractivity contribution in [1.29, 1.82) is 0 Å². The van der Waals surface area contributed by atoms with Crippen molar-refractivity contribution >= 4 is 33.0 Å². The van der Waals surface area contributed by atoms with Gasteiger partial charge in [-0.3, -0.25) is 14.0 Å². The van der Waals surface area contributed by atoms with Crippen LogP contribution in [0.3, 0.4) is 0 Å². The normalized spacial score (nSPS) is 11.3. The smallest absolute Gasteiger partial charge is 0.291 e. The van der Waals surface area contributed by atoms with Crippen molar-refractivity contribution in [2.45, 2.75) is 26.4 Å². The Labute approximate surface area is 157 Å². The second-order valence-corrected chi connectivity index (χ2v) is 7.04. The third-order valence-corrected chi connectivity index (χ3v) is 5.32. The van der Waals surface area contributed by atoms with Gasteiger partial charge in [0.15, 0.2) is 0 Å². The molecule has 0 aliphatic carbocycles. The zero-order chi connectivity index (χ0) is 19.0. The van der Waals surface area contributed by atoms with Gasteiger partial charge >= 0.3 is 0 Å². The maximum Gasteiger partial charge on any atom is 0.291 e. The Kier molecular flexibility index (Phi) is 4.49. The van der Waals surface area contributed by atoms with Crippen LogP contribution in [0.4, 0.5) is 4.39 Å². The highest BCUT2D eigenvalue weighted by molar-refractivity contribution is 7.16. The summed E-state index contributed by atoms with van der Waals surface area (Å²) in [5, 5.41) is 9.96. The standard InChI is InChI=1S/C19H17FN4O2S/c1-2-16-22-23(11-17(25)21-10-13-5-3-4-6-14(13)20)18(26)15-9-12-7-8-27-19(12)24(15)16/h3-9H,2,10-11H2,1H3,(H,21,25). The first kappa shape index (κ1) is 17.4. The van der Waals surface area contributed by atoms with Gasteiger partial charge in [-0.25, -0.2) is 9.07 Å². The van der Waals surface area contributed by atoms with Gasteiger partial charge in [-0.05, 0) is 23.6 Å². The maximum atomic E-state index is 13.7. The molecule has 0 spiro atoms. The number of thiophene rings is 1. The van der Waals surface area contributed by atoms with Crippen molar-refractivity contribution in [3.8, 4) is 0 Å². The summed E-state index contributed by atoms with van der Waals surface area (Å²) in [5.41, 5.74) is 0.574. The van der Waals surface area contributed by atoms with Gasteiger partial charge in [-0.1, -0.05) is 25.1 Å². The third kappa shape index (κ3) is 3.12. The number of carbonyl (C=O) groups excluding carboxylic acids is 1. The summed E-state index contributed by atoms with van der Waals surface area (Å²) in [6.45, 7) is 1.80. The lowest BCUT2D eigenvalue weighted by molar-refractivity contribution is -0.122. The number of amides is 1. The number of aromatic nitrogens is 3. The van der Waals surface area contributed by atoms with E-state index in [0.717, 1.165) is 10.2 Å². The fourth-order valence-corrected chi connectivity index (χ4v) is 3.98. The number of rotatable bonds is 5. The predicted octanol–water partition coefficient (Wildman–Crippen LogP) is 2.73. The lowest BCUT2D eigenvalue weighted by atomic mass is 10.2. The maximum absolute atomic E-state index is 13.7. The van der Waals surface area contributed by atoms with Crippen LogP contribution in [0.15, 0.2) is 46.6 Å². The Bertz CT molecular complexity index is 1210. The SMILES string of the molecule is CCc1nn(CC(=O)NCc2ccccc2F)c(=O)c2cc3ccsc3n12. The van der Waals surface area contributed by atoms with Crippen LogP contribution in [0, 0.1) is 5.82 Å². The highest BCUT2D eigenvalue weighted by Crippen LogP contribution is 2.24. The third-order valence-electron chi connectivity index (χ3n) is 4.40. The van der Waals surface area contributed by atoms with E-state index in [1.165, 1.54) is 10.7 Å². The first-order chi connectivity index (χ1) is 13.1. The largest absolute Gasteiger partial charge is 0.350 e. The highest BCUT2D eigenvalue weighted by Gasteiger charge is 2.16. The van der Waals surface area contributed by atoms with E-state index in [0.29, 0.717) is 23.3 Å². The highest BCUT2D eigenvalue weighted by atomic mass is 32.1. The van der Waals surface area contributed by atoms with Gasteiger partial charge in [0.05, 0.1) is 0 Å². The summed E-state index contributed by atoms with van der Waals surface area (Å²) in [6, 6.07) is 10.0. The Morgan fingerprint density at radius 3 is 2.89 bits per heavy atom. The average Bonchev–Trinajstić information content (AvgIpc) is 3.25. The van der Waals surface area contributed by atoms with E-state index in [1.807, 2.05) is 28.8 Å². The van der Waals surface area contributed by atoms with Crippen LogP contribution in [0.2, 0.25) is 0 Å². The molecule has 0 unspecified atom stereocenters. The average molecular weight is 384 g/mol.